The maximum Gasteiger partial charge on any atom is 0.407 e. The van der Waals surface area contributed by atoms with Gasteiger partial charge in [-0.3, -0.25) is 0 Å². The molecule has 9 heteroatoms. The first kappa shape index (κ1) is 16.0. The monoisotopic (exact) mass is 289 g/mol. The molecular formula is C11H19N3O6. The van der Waals surface area contributed by atoms with Crippen molar-refractivity contribution in [3.05, 3.63) is 0 Å². The SMILES string of the molecule is COC(=O)NC1CCN(C(=O)NCC(C)(O)C(=O)O)C1. The summed E-state index contributed by atoms with van der Waals surface area (Å²) in [6.07, 6.45) is 0.0174. The van der Waals surface area contributed by atoms with Crippen LogP contribution in [0.5, 0.6) is 0 Å². The summed E-state index contributed by atoms with van der Waals surface area (Å²) in [6.45, 7) is 1.43. The van der Waals surface area contributed by atoms with Crippen LogP contribution in [-0.2, 0) is 9.53 Å². The number of carbonyl (C=O) groups is 3. The Labute approximate surface area is 115 Å². The van der Waals surface area contributed by atoms with Gasteiger partial charge in [0.05, 0.1) is 19.7 Å². The fraction of sp³-hybridized carbons (Fsp3) is 0.727. The standard InChI is InChI=1S/C11H19N3O6/c1-11(19,8(15)16)6-12-9(17)14-4-3-7(5-14)13-10(18)20-2/h7,19H,3-6H2,1-2H3,(H,12,17)(H,13,18)(H,15,16). The molecule has 4 N–H and O–H groups in total. The van der Waals surface area contributed by atoms with Crippen LogP contribution in [0.3, 0.4) is 0 Å². The lowest BCUT2D eigenvalue weighted by atomic mass is 10.1. The molecule has 20 heavy (non-hydrogen) atoms. The Morgan fingerprint density at radius 3 is 2.65 bits per heavy atom. The van der Waals surface area contributed by atoms with Crippen LogP contribution in [0.2, 0.25) is 0 Å². The van der Waals surface area contributed by atoms with Gasteiger partial charge in [-0.15, -0.1) is 0 Å². The van der Waals surface area contributed by atoms with Gasteiger partial charge in [0.2, 0.25) is 0 Å². The highest BCUT2D eigenvalue weighted by Gasteiger charge is 2.32. The highest BCUT2D eigenvalue weighted by Crippen LogP contribution is 2.10. The number of methoxy groups -OCH3 is 1. The number of carbonyl (C=O) groups excluding carboxylic acids is 2. The summed E-state index contributed by atoms with van der Waals surface area (Å²) in [4.78, 5) is 34.9. The molecule has 1 rings (SSSR count). The van der Waals surface area contributed by atoms with Gasteiger partial charge in [-0.25, -0.2) is 14.4 Å². The van der Waals surface area contributed by atoms with Crippen molar-refractivity contribution < 1.29 is 29.3 Å². The number of carboxylic acids is 1. The Morgan fingerprint density at radius 2 is 2.10 bits per heavy atom. The molecule has 1 aliphatic rings. The zero-order valence-electron chi connectivity index (χ0n) is 11.4. The molecule has 0 saturated carbocycles. The van der Waals surface area contributed by atoms with E-state index in [-0.39, 0.29) is 6.04 Å². The zero-order chi connectivity index (χ0) is 15.3. The second-order valence-corrected chi connectivity index (χ2v) is 4.81. The van der Waals surface area contributed by atoms with E-state index in [0.717, 1.165) is 6.92 Å². The highest BCUT2D eigenvalue weighted by molar-refractivity contribution is 5.79. The van der Waals surface area contributed by atoms with E-state index in [2.05, 4.69) is 15.4 Å². The number of likely N-dealkylation sites (tertiary alicyclic amines) is 1. The quantitative estimate of drug-likeness (QED) is 0.523. The van der Waals surface area contributed by atoms with E-state index < -0.39 is 30.2 Å². The molecule has 1 heterocycles. The van der Waals surface area contributed by atoms with Crippen molar-refractivity contribution in [3.63, 3.8) is 0 Å². The average Bonchev–Trinajstić information content (AvgIpc) is 2.84. The molecular weight excluding hydrogens is 270 g/mol. The fourth-order valence-corrected chi connectivity index (χ4v) is 1.72. The van der Waals surface area contributed by atoms with Crippen LogP contribution in [0.25, 0.3) is 0 Å². The van der Waals surface area contributed by atoms with E-state index in [1.807, 2.05) is 0 Å². The fourth-order valence-electron chi connectivity index (χ4n) is 1.72. The van der Waals surface area contributed by atoms with Gasteiger partial charge in [-0.1, -0.05) is 0 Å². The molecule has 2 atom stereocenters. The van der Waals surface area contributed by atoms with Gasteiger partial charge < -0.3 is 30.5 Å². The van der Waals surface area contributed by atoms with Crippen molar-refractivity contribution in [2.75, 3.05) is 26.7 Å². The normalized spacial score (nSPS) is 20.9. The predicted molar refractivity (Wildman–Crippen MR) is 67.2 cm³/mol. The molecule has 2 unspecified atom stereocenters. The van der Waals surface area contributed by atoms with Gasteiger partial charge in [0.15, 0.2) is 5.60 Å². The van der Waals surface area contributed by atoms with Gasteiger partial charge in [0.1, 0.15) is 0 Å². The van der Waals surface area contributed by atoms with Crippen LogP contribution in [0.1, 0.15) is 13.3 Å². The summed E-state index contributed by atoms with van der Waals surface area (Å²) in [5.74, 6) is -1.41. The summed E-state index contributed by atoms with van der Waals surface area (Å²) < 4.78 is 4.46. The Bertz CT molecular complexity index is 398. The first-order chi connectivity index (χ1) is 9.26. The number of rotatable bonds is 4. The van der Waals surface area contributed by atoms with Gasteiger partial charge in [-0.2, -0.15) is 0 Å². The van der Waals surface area contributed by atoms with Crippen LogP contribution in [0, 0.1) is 0 Å². The van der Waals surface area contributed by atoms with Crippen LogP contribution in [0.4, 0.5) is 9.59 Å². The van der Waals surface area contributed by atoms with E-state index in [9.17, 15) is 19.5 Å². The Hall–Kier alpha value is -2.03. The summed E-state index contributed by atoms with van der Waals surface area (Å²) in [5, 5.41) is 23.1. The minimum absolute atomic E-state index is 0.201. The molecule has 0 radical (unpaired) electrons. The van der Waals surface area contributed by atoms with Gasteiger partial charge in [0, 0.05) is 13.1 Å². The maximum atomic E-state index is 11.8. The average molecular weight is 289 g/mol. The van der Waals surface area contributed by atoms with Crippen molar-refractivity contribution >= 4 is 18.1 Å². The van der Waals surface area contributed by atoms with Crippen molar-refractivity contribution in [1.82, 2.24) is 15.5 Å². The Kier molecular flexibility index (Phi) is 5.14. The second kappa shape index (κ2) is 6.42. The Balaban J connectivity index is 2.39. The lowest BCUT2D eigenvalue weighted by Crippen LogP contribution is -2.50. The summed E-state index contributed by atoms with van der Waals surface area (Å²) in [7, 11) is 1.25. The molecule has 0 aromatic heterocycles. The van der Waals surface area contributed by atoms with Gasteiger partial charge in [0.25, 0.3) is 0 Å². The number of ether oxygens (including phenoxy) is 1. The third-order valence-electron chi connectivity index (χ3n) is 3.03. The first-order valence-electron chi connectivity index (χ1n) is 6.09. The van der Waals surface area contributed by atoms with E-state index in [1.165, 1.54) is 12.0 Å². The zero-order valence-corrected chi connectivity index (χ0v) is 11.4. The van der Waals surface area contributed by atoms with E-state index in [4.69, 9.17) is 5.11 Å². The summed E-state index contributed by atoms with van der Waals surface area (Å²) >= 11 is 0. The number of aliphatic carboxylic acids is 1. The summed E-state index contributed by atoms with van der Waals surface area (Å²) in [5.41, 5.74) is -2.01. The number of nitrogens with zero attached hydrogens (tertiary/aromatic N) is 1. The molecule has 0 aliphatic carbocycles. The van der Waals surface area contributed by atoms with Gasteiger partial charge in [-0.05, 0) is 13.3 Å². The third-order valence-corrected chi connectivity index (χ3v) is 3.03. The van der Waals surface area contributed by atoms with Crippen molar-refractivity contribution in [3.8, 4) is 0 Å². The Morgan fingerprint density at radius 1 is 1.45 bits per heavy atom. The number of urea groups is 1. The highest BCUT2D eigenvalue weighted by atomic mass is 16.5. The van der Waals surface area contributed by atoms with Crippen LogP contribution in [-0.4, -0.2) is 71.6 Å². The number of nitrogens with one attached hydrogen (secondary N) is 2. The molecule has 0 bridgehead atoms. The number of hydrogen-bond donors (Lipinski definition) is 4. The van der Waals surface area contributed by atoms with Crippen molar-refractivity contribution in [2.45, 2.75) is 25.0 Å². The molecule has 0 spiro atoms. The second-order valence-electron chi connectivity index (χ2n) is 4.81. The van der Waals surface area contributed by atoms with Crippen molar-refractivity contribution in [2.24, 2.45) is 0 Å². The summed E-state index contributed by atoms with van der Waals surface area (Å²) in [6, 6.07) is -0.686. The minimum atomic E-state index is -2.01. The van der Waals surface area contributed by atoms with Gasteiger partial charge >= 0.3 is 18.1 Å². The maximum absolute atomic E-state index is 11.8. The van der Waals surface area contributed by atoms with Crippen LogP contribution < -0.4 is 10.6 Å². The largest absolute Gasteiger partial charge is 0.479 e. The van der Waals surface area contributed by atoms with Crippen LogP contribution in [0.15, 0.2) is 0 Å². The molecule has 114 valence electrons. The van der Waals surface area contributed by atoms with Crippen molar-refractivity contribution in [1.29, 1.82) is 0 Å². The number of alkyl carbamates (subject to hydrolysis) is 1. The number of hydrogen-bond acceptors (Lipinski definition) is 5. The topological polar surface area (TPSA) is 128 Å². The lowest BCUT2D eigenvalue weighted by molar-refractivity contribution is -0.155. The minimum Gasteiger partial charge on any atom is -0.479 e. The number of aliphatic hydroxyl groups is 1. The van der Waals surface area contributed by atoms with E-state index in [0.29, 0.717) is 19.5 Å². The number of carboxylic acid groups (broad SMARTS) is 1. The molecule has 0 aromatic carbocycles. The first-order valence-corrected chi connectivity index (χ1v) is 6.09. The van der Waals surface area contributed by atoms with E-state index in [1.54, 1.807) is 0 Å². The lowest BCUT2D eigenvalue weighted by Gasteiger charge is -2.22. The molecule has 9 nitrogen and oxygen atoms in total. The molecule has 0 aromatic rings. The predicted octanol–water partition coefficient (Wildman–Crippen LogP) is -1.04. The molecule has 3 amide bonds. The van der Waals surface area contributed by atoms with Crippen LogP contribution >= 0.6 is 0 Å². The third kappa shape index (κ3) is 4.26. The van der Waals surface area contributed by atoms with E-state index >= 15 is 0 Å². The molecule has 1 fully saturated rings. The molecule has 1 aliphatic heterocycles. The number of amides is 3. The smallest absolute Gasteiger partial charge is 0.407 e. The molecule has 1 saturated heterocycles.